The molecule has 1 saturated carbocycles. The van der Waals surface area contributed by atoms with Gasteiger partial charge in [0.25, 0.3) is 5.91 Å². The van der Waals surface area contributed by atoms with Gasteiger partial charge in [0, 0.05) is 28.5 Å². The first-order valence-electron chi connectivity index (χ1n) is 6.70. The van der Waals surface area contributed by atoms with Gasteiger partial charge in [0.1, 0.15) is 0 Å². The normalized spacial score (nSPS) is 14.2. The third-order valence-electron chi connectivity index (χ3n) is 3.46. The van der Waals surface area contributed by atoms with Gasteiger partial charge in [-0.1, -0.05) is 6.07 Å². The van der Waals surface area contributed by atoms with Gasteiger partial charge in [0.05, 0.1) is 12.1 Å². The molecular formula is C15H17N3OS. The molecule has 0 spiro atoms. The summed E-state index contributed by atoms with van der Waals surface area (Å²) in [5.74, 6) is -0.00843. The fourth-order valence-electron chi connectivity index (χ4n) is 2.24. The van der Waals surface area contributed by atoms with Gasteiger partial charge in [-0.15, -0.1) is 11.3 Å². The lowest BCUT2D eigenvalue weighted by atomic mass is 10.2. The number of aryl methyl sites for hydroxylation is 1. The van der Waals surface area contributed by atoms with Gasteiger partial charge >= 0.3 is 0 Å². The third-order valence-corrected chi connectivity index (χ3v) is 4.32. The molecule has 1 fully saturated rings. The molecule has 2 heterocycles. The fraction of sp³-hybridized carbons (Fsp3) is 0.333. The van der Waals surface area contributed by atoms with E-state index in [2.05, 4.69) is 11.1 Å². The number of hydrogen-bond acceptors (Lipinski definition) is 4. The summed E-state index contributed by atoms with van der Waals surface area (Å²) in [7, 11) is 0. The van der Waals surface area contributed by atoms with E-state index in [9.17, 15) is 4.79 Å². The average Bonchev–Trinajstić information content (AvgIpc) is 3.12. The number of nitrogens with two attached hydrogens (primary N) is 1. The number of hydrogen-bond donors (Lipinski definition) is 1. The first-order chi connectivity index (χ1) is 9.65. The number of carbonyl (C=O) groups excluding carboxylic acids is 1. The molecule has 0 bridgehead atoms. The number of pyridine rings is 1. The van der Waals surface area contributed by atoms with Crippen LogP contribution < -0.4 is 5.73 Å². The van der Waals surface area contributed by atoms with Crippen molar-refractivity contribution in [1.82, 2.24) is 9.88 Å². The molecule has 0 saturated heterocycles. The van der Waals surface area contributed by atoms with Crippen molar-refractivity contribution in [2.75, 3.05) is 5.73 Å². The highest BCUT2D eigenvalue weighted by Crippen LogP contribution is 2.31. The highest BCUT2D eigenvalue weighted by atomic mass is 32.1. The van der Waals surface area contributed by atoms with Crippen LogP contribution in [0.5, 0.6) is 0 Å². The highest BCUT2D eigenvalue weighted by Gasteiger charge is 2.34. The van der Waals surface area contributed by atoms with Crippen LogP contribution in [0, 0.1) is 6.92 Å². The minimum absolute atomic E-state index is 0.00843. The number of carbonyl (C=O) groups is 1. The minimum atomic E-state index is -0.00843. The molecule has 2 N–H and O–H groups in total. The Bertz CT molecular complexity index is 620. The topological polar surface area (TPSA) is 59.2 Å². The van der Waals surface area contributed by atoms with Gasteiger partial charge in [0.2, 0.25) is 0 Å². The standard InChI is InChI=1S/C15H17N3OS/c1-10-7-14(16)13(8-17-10)15(19)18(11-4-5-11)9-12-3-2-6-20-12/h2-3,6-8,11H,4-5,9H2,1H3,(H2,16,17). The Hall–Kier alpha value is -1.88. The van der Waals surface area contributed by atoms with Crippen molar-refractivity contribution in [2.45, 2.75) is 32.4 Å². The Kier molecular flexibility index (Phi) is 3.44. The Labute approximate surface area is 122 Å². The largest absolute Gasteiger partial charge is 0.398 e. The van der Waals surface area contributed by atoms with Crippen molar-refractivity contribution in [2.24, 2.45) is 0 Å². The van der Waals surface area contributed by atoms with E-state index in [1.807, 2.05) is 23.3 Å². The lowest BCUT2D eigenvalue weighted by Gasteiger charge is -2.22. The summed E-state index contributed by atoms with van der Waals surface area (Å²) in [5, 5.41) is 2.03. The smallest absolute Gasteiger partial charge is 0.258 e. The second kappa shape index (κ2) is 5.25. The summed E-state index contributed by atoms with van der Waals surface area (Å²) in [6.45, 7) is 2.53. The minimum Gasteiger partial charge on any atom is -0.398 e. The van der Waals surface area contributed by atoms with Crippen LogP contribution in [0.1, 0.15) is 33.8 Å². The molecule has 4 nitrogen and oxygen atoms in total. The summed E-state index contributed by atoms with van der Waals surface area (Å²) in [5.41, 5.74) is 7.82. The van der Waals surface area contributed by atoms with Crippen LogP contribution in [0.25, 0.3) is 0 Å². The maximum Gasteiger partial charge on any atom is 0.258 e. The molecule has 2 aromatic rings. The Balaban J connectivity index is 1.85. The number of thiophene rings is 1. The molecule has 5 heteroatoms. The molecule has 2 aromatic heterocycles. The molecule has 0 aliphatic heterocycles. The van der Waals surface area contributed by atoms with Crippen molar-refractivity contribution in [3.8, 4) is 0 Å². The third kappa shape index (κ3) is 2.67. The zero-order chi connectivity index (χ0) is 14.1. The summed E-state index contributed by atoms with van der Waals surface area (Å²) >= 11 is 1.67. The number of rotatable bonds is 4. The summed E-state index contributed by atoms with van der Waals surface area (Å²) in [6, 6.07) is 6.18. The lowest BCUT2D eigenvalue weighted by molar-refractivity contribution is 0.0732. The quantitative estimate of drug-likeness (QED) is 0.940. The van der Waals surface area contributed by atoms with Crippen LogP contribution in [-0.4, -0.2) is 21.8 Å². The average molecular weight is 287 g/mol. The van der Waals surface area contributed by atoms with E-state index >= 15 is 0 Å². The van der Waals surface area contributed by atoms with Crippen LogP contribution in [0.15, 0.2) is 29.8 Å². The second-order valence-electron chi connectivity index (χ2n) is 5.16. The van der Waals surface area contributed by atoms with E-state index in [0.29, 0.717) is 23.8 Å². The van der Waals surface area contributed by atoms with Crippen LogP contribution in [-0.2, 0) is 6.54 Å². The van der Waals surface area contributed by atoms with Gasteiger partial charge in [-0.2, -0.15) is 0 Å². The zero-order valence-electron chi connectivity index (χ0n) is 11.4. The fourth-order valence-corrected chi connectivity index (χ4v) is 2.94. The summed E-state index contributed by atoms with van der Waals surface area (Å²) in [6.07, 6.45) is 3.75. The SMILES string of the molecule is Cc1cc(N)c(C(=O)N(Cc2cccs2)C2CC2)cn1. The molecule has 3 rings (SSSR count). The van der Waals surface area contributed by atoms with Gasteiger partial charge < -0.3 is 10.6 Å². The van der Waals surface area contributed by atoms with E-state index in [1.165, 1.54) is 4.88 Å². The molecule has 1 amide bonds. The van der Waals surface area contributed by atoms with Crippen molar-refractivity contribution >= 4 is 22.9 Å². The molecule has 0 atom stereocenters. The molecule has 0 radical (unpaired) electrons. The van der Waals surface area contributed by atoms with Gasteiger partial charge in [-0.05, 0) is 37.3 Å². The summed E-state index contributed by atoms with van der Waals surface area (Å²) < 4.78 is 0. The Morgan fingerprint density at radius 1 is 1.55 bits per heavy atom. The van der Waals surface area contributed by atoms with Crippen molar-refractivity contribution in [3.63, 3.8) is 0 Å². The summed E-state index contributed by atoms with van der Waals surface area (Å²) in [4.78, 5) is 20.0. The predicted molar refractivity (Wildman–Crippen MR) is 80.6 cm³/mol. The van der Waals surface area contributed by atoms with E-state index in [4.69, 9.17) is 5.73 Å². The van der Waals surface area contributed by atoms with Crippen LogP contribution in [0.3, 0.4) is 0 Å². The molecule has 1 aliphatic carbocycles. The van der Waals surface area contributed by atoms with Crippen molar-refractivity contribution < 1.29 is 4.79 Å². The number of amides is 1. The number of nitrogens with zero attached hydrogens (tertiary/aromatic N) is 2. The van der Waals surface area contributed by atoms with E-state index in [0.717, 1.165) is 18.5 Å². The van der Waals surface area contributed by atoms with E-state index in [-0.39, 0.29) is 5.91 Å². The zero-order valence-corrected chi connectivity index (χ0v) is 12.2. The molecule has 0 unspecified atom stereocenters. The van der Waals surface area contributed by atoms with E-state index in [1.54, 1.807) is 23.6 Å². The van der Waals surface area contributed by atoms with Crippen molar-refractivity contribution in [3.05, 3.63) is 45.9 Å². The van der Waals surface area contributed by atoms with Crippen LogP contribution in [0.2, 0.25) is 0 Å². The van der Waals surface area contributed by atoms with Gasteiger partial charge in [-0.25, -0.2) is 0 Å². The second-order valence-corrected chi connectivity index (χ2v) is 6.19. The molecule has 1 aliphatic rings. The number of anilines is 1. The predicted octanol–water partition coefficient (Wildman–Crippen LogP) is 2.84. The number of aromatic nitrogens is 1. The first kappa shape index (κ1) is 13.1. The number of nitrogen functional groups attached to an aromatic ring is 1. The van der Waals surface area contributed by atoms with Crippen LogP contribution >= 0.6 is 11.3 Å². The van der Waals surface area contributed by atoms with Gasteiger partial charge in [-0.3, -0.25) is 9.78 Å². The molecular weight excluding hydrogens is 270 g/mol. The maximum absolute atomic E-state index is 12.7. The van der Waals surface area contributed by atoms with E-state index < -0.39 is 0 Å². The Morgan fingerprint density at radius 2 is 2.35 bits per heavy atom. The Morgan fingerprint density at radius 3 is 2.95 bits per heavy atom. The lowest BCUT2D eigenvalue weighted by Crippen LogP contribution is -2.33. The van der Waals surface area contributed by atoms with Crippen molar-refractivity contribution in [1.29, 1.82) is 0 Å². The molecule has 0 aromatic carbocycles. The van der Waals surface area contributed by atoms with Gasteiger partial charge in [0.15, 0.2) is 0 Å². The van der Waals surface area contributed by atoms with Crippen LogP contribution in [0.4, 0.5) is 5.69 Å². The monoisotopic (exact) mass is 287 g/mol. The molecule has 104 valence electrons. The first-order valence-corrected chi connectivity index (χ1v) is 7.58. The molecule has 20 heavy (non-hydrogen) atoms. The highest BCUT2D eigenvalue weighted by molar-refractivity contribution is 7.09. The maximum atomic E-state index is 12.7.